The summed E-state index contributed by atoms with van der Waals surface area (Å²) in [6, 6.07) is 0. The molecule has 0 saturated heterocycles. The maximum atomic E-state index is 11.3. The summed E-state index contributed by atoms with van der Waals surface area (Å²) in [6.07, 6.45) is 8.55. The molecule has 0 aromatic carbocycles. The van der Waals surface area contributed by atoms with Crippen LogP contribution < -0.4 is 0 Å². The van der Waals surface area contributed by atoms with E-state index in [4.69, 9.17) is 4.74 Å². The van der Waals surface area contributed by atoms with Crippen molar-refractivity contribution in [1.29, 1.82) is 0 Å². The summed E-state index contributed by atoms with van der Waals surface area (Å²) in [5.41, 5.74) is 0.967. The Balaban J connectivity index is 3.98. The van der Waals surface area contributed by atoms with Crippen LogP contribution >= 0.6 is 0 Å². The summed E-state index contributed by atoms with van der Waals surface area (Å²) in [6.45, 7) is 5.89. The molecule has 0 fully saturated rings. The molecule has 1 atom stereocenters. The number of allylic oxidation sites excluding steroid dienone is 4. The van der Waals surface area contributed by atoms with Crippen LogP contribution in [0.15, 0.2) is 36.0 Å². The van der Waals surface area contributed by atoms with Crippen molar-refractivity contribution < 1.29 is 14.6 Å². The van der Waals surface area contributed by atoms with Gasteiger partial charge in [-0.05, 0) is 50.3 Å². The molecule has 3 nitrogen and oxygen atoms in total. The van der Waals surface area contributed by atoms with Crippen LogP contribution in [0.1, 0.15) is 33.6 Å². The highest BCUT2D eigenvalue weighted by Crippen LogP contribution is 2.00. The van der Waals surface area contributed by atoms with Crippen molar-refractivity contribution in [3.8, 4) is 23.7 Å². The smallest absolute Gasteiger partial charge is 0.330 e. The standard InChI is InChI=1S/C18H22O3/c1-4-6-7-8-9-10-11-12-17(19)13-14-21-18(20)15-16(3)5-2/h4,6,11-12,15,17,19H,5,13-14H2,1-3H3/b6-4+,12-11+,16-15+/t17-/m0/s1. The molecule has 0 amide bonds. The number of ether oxygens (including phenoxy) is 1. The summed E-state index contributed by atoms with van der Waals surface area (Å²) in [5, 5.41) is 9.62. The number of aliphatic hydroxyl groups is 1. The third-order valence-corrected chi connectivity index (χ3v) is 2.44. The molecule has 0 aliphatic rings. The molecule has 0 unspecified atom stereocenters. The number of carbonyl (C=O) groups excluding carboxylic acids is 1. The second-order valence-electron chi connectivity index (χ2n) is 4.27. The SMILES string of the molecule is C/C=C/C#CC#C/C=C/[C@H](O)CCOC(=O)/C=C(\C)CC. The average Bonchev–Trinajstić information content (AvgIpc) is 2.46. The minimum absolute atomic E-state index is 0.173. The number of carbonyl (C=O) groups is 1. The van der Waals surface area contributed by atoms with Crippen LogP contribution in [-0.2, 0) is 9.53 Å². The van der Waals surface area contributed by atoms with Crippen LogP contribution in [0.5, 0.6) is 0 Å². The topological polar surface area (TPSA) is 46.5 Å². The summed E-state index contributed by atoms with van der Waals surface area (Å²) < 4.78 is 4.98. The van der Waals surface area contributed by atoms with Gasteiger partial charge in [0.2, 0.25) is 0 Å². The molecular weight excluding hydrogens is 264 g/mol. The predicted molar refractivity (Wildman–Crippen MR) is 85.1 cm³/mol. The van der Waals surface area contributed by atoms with Gasteiger partial charge < -0.3 is 9.84 Å². The normalized spacial score (nSPS) is 12.5. The molecule has 0 bridgehead atoms. The largest absolute Gasteiger partial charge is 0.462 e. The lowest BCUT2D eigenvalue weighted by Crippen LogP contribution is -2.10. The van der Waals surface area contributed by atoms with E-state index in [0.717, 1.165) is 12.0 Å². The van der Waals surface area contributed by atoms with Crippen LogP contribution in [0.4, 0.5) is 0 Å². The molecule has 0 saturated carbocycles. The van der Waals surface area contributed by atoms with Gasteiger partial charge in [0.05, 0.1) is 12.7 Å². The van der Waals surface area contributed by atoms with Crippen LogP contribution in [0.3, 0.4) is 0 Å². The van der Waals surface area contributed by atoms with E-state index < -0.39 is 6.10 Å². The second-order valence-corrected chi connectivity index (χ2v) is 4.27. The van der Waals surface area contributed by atoms with Crippen molar-refractivity contribution in [3.63, 3.8) is 0 Å². The van der Waals surface area contributed by atoms with Gasteiger partial charge in [0.25, 0.3) is 0 Å². The van der Waals surface area contributed by atoms with E-state index in [9.17, 15) is 9.90 Å². The summed E-state index contributed by atoms with van der Waals surface area (Å²) in [4.78, 5) is 11.3. The van der Waals surface area contributed by atoms with Crippen LogP contribution in [0, 0.1) is 23.7 Å². The molecule has 3 heteroatoms. The molecule has 0 aliphatic heterocycles. The van der Waals surface area contributed by atoms with Crippen LogP contribution in [0.25, 0.3) is 0 Å². The minimum atomic E-state index is -0.688. The van der Waals surface area contributed by atoms with E-state index >= 15 is 0 Å². The predicted octanol–water partition coefficient (Wildman–Crippen LogP) is 2.78. The highest BCUT2D eigenvalue weighted by Gasteiger charge is 2.02. The lowest BCUT2D eigenvalue weighted by Gasteiger charge is -2.05. The van der Waals surface area contributed by atoms with Gasteiger partial charge in [0.15, 0.2) is 0 Å². The Morgan fingerprint density at radius 1 is 1.29 bits per heavy atom. The van der Waals surface area contributed by atoms with E-state index in [1.807, 2.05) is 26.8 Å². The quantitative estimate of drug-likeness (QED) is 0.464. The first-order valence-electron chi connectivity index (χ1n) is 6.91. The maximum Gasteiger partial charge on any atom is 0.330 e. The lowest BCUT2D eigenvalue weighted by atomic mass is 10.2. The van der Waals surface area contributed by atoms with Crippen molar-refractivity contribution in [2.75, 3.05) is 6.61 Å². The molecule has 0 aliphatic carbocycles. The van der Waals surface area contributed by atoms with Crippen molar-refractivity contribution >= 4 is 5.97 Å². The molecule has 0 heterocycles. The first-order valence-corrected chi connectivity index (χ1v) is 6.91. The van der Waals surface area contributed by atoms with E-state index in [0.29, 0.717) is 6.42 Å². The Morgan fingerprint density at radius 3 is 2.57 bits per heavy atom. The van der Waals surface area contributed by atoms with Crippen molar-refractivity contribution in [2.24, 2.45) is 0 Å². The van der Waals surface area contributed by atoms with Crippen molar-refractivity contribution in [3.05, 3.63) is 36.0 Å². The van der Waals surface area contributed by atoms with Gasteiger partial charge in [0.1, 0.15) is 0 Å². The first kappa shape index (κ1) is 18.8. The third kappa shape index (κ3) is 12.5. The summed E-state index contributed by atoms with van der Waals surface area (Å²) in [7, 11) is 0. The molecule has 112 valence electrons. The average molecular weight is 286 g/mol. The maximum absolute atomic E-state index is 11.3. The van der Waals surface area contributed by atoms with E-state index in [-0.39, 0.29) is 12.6 Å². The Morgan fingerprint density at radius 2 is 1.95 bits per heavy atom. The zero-order valence-corrected chi connectivity index (χ0v) is 12.8. The first-order chi connectivity index (χ1) is 10.1. The van der Waals surface area contributed by atoms with Crippen molar-refractivity contribution in [2.45, 2.75) is 39.7 Å². The van der Waals surface area contributed by atoms with Crippen molar-refractivity contribution in [1.82, 2.24) is 0 Å². The Labute approximate surface area is 127 Å². The van der Waals surface area contributed by atoms with Crippen LogP contribution in [-0.4, -0.2) is 23.8 Å². The Kier molecular flexibility index (Phi) is 11.4. The Hall–Kier alpha value is -2.23. The second kappa shape index (κ2) is 12.8. The van der Waals surface area contributed by atoms with Gasteiger partial charge in [-0.25, -0.2) is 4.79 Å². The highest BCUT2D eigenvalue weighted by atomic mass is 16.5. The molecule has 0 radical (unpaired) electrons. The molecule has 0 aromatic heterocycles. The summed E-state index contributed by atoms with van der Waals surface area (Å²) in [5.74, 6) is 10.3. The molecule has 0 rings (SSSR count). The molecule has 0 aromatic rings. The van der Waals surface area contributed by atoms with E-state index in [2.05, 4.69) is 23.7 Å². The van der Waals surface area contributed by atoms with Gasteiger partial charge >= 0.3 is 5.97 Å². The number of hydrogen-bond acceptors (Lipinski definition) is 3. The van der Waals surface area contributed by atoms with Gasteiger partial charge in [0, 0.05) is 12.5 Å². The number of esters is 1. The molecular formula is C18H22O3. The lowest BCUT2D eigenvalue weighted by molar-refractivity contribution is -0.138. The minimum Gasteiger partial charge on any atom is -0.462 e. The van der Waals surface area contributed by atoms with E-state index in [1.165, 1.54) is 12.2 Å². The molecule has 0 spiro atoms. The van der Waals surface area contributed by atoms with Gasteiger partial charge in [-0.3, -0.25) is 0 Å². The fraction of sp³-hybridized carbons (Fsp3) is 0.389. The van der Waals surface area contributed by atoms with Crippen LogP contribution in [0.2, 0.25) is 0 Å². The van der Waals surface area contributed by atoms with E-state index in [1.54, 1.807) is 12.2 Å². The zero-order chi connectivity index (χ0) is 15.9. The van der Waals surface area contributed by atoms with Gasteiger partial charge in [-0.15, -0.1) is 0 Å². The number of aliphatic hydroxyl groups excluding tert-OH is 1. The molecule has 1 N–H and O–H groups in total. The molecule has 21 heavy (non-hydrogen) atoms. The third-order valence-electron chi connectivity index (χ3n) is 2.44. The monoisotopic (exact) mass is 286 g/mol. The fourth-order valence-electron chi connectivity index (χ4n) is 1.12. The summed E-state index contributed by atoms with van der Waals surface area (Å²) >= 11 is 0. The number of hydrogen-bond donors (Lipinski definition) is 1. The Bertz CT molecular complexity index is 516. The zero-order valence-electron chi connectivity index (χ0n) is 12.8. The highest BCUT2D eigenvalue weighted by molar-refractivity contribution is 5.82. The fourth-order valence-corrected chi connectivity index (χ4v) is 1.12. The van der Waals surface area contributed by atoms with Gasteiger partial charge in [-0.1, -0.05) is 30.4 Å². The van der Waals surface area contributed by atoms with Gasteiger partial charge in [-0.2, -0.15) is 0 Å². The number of rotatable bonds is 6.